The summed E-state index contributed by atoms with van der Waals surface area (Å²) in [7, 11) is 0. The lowest BCUT2D eigenvalue weighted by atomic mass is 9.49. The Morgan fingerprint density at radius 2 is 1.74 bits per heavy atom. The third-order valence-corrected chi connectivity index (χ3v) is 12.5. The summed E-state index contributed by atoms with van der Waals surface area (Å²) >= 11 is 0. The van der Waals surface area contributed by atoms with Crippen LogP contribution in [0.3, 0.4) is 0 Å². The summed E-state index contributed by atoms with van der Waals surface area (Å²) in [6.07, 6.45) is 7.27. The van der Waals surface area contributed by atoms with Gasteiger partial charge in [0.15, 0.2) is 6.10 Å². The van der Waals surface area contributed by atoms with Gasteiger partial charge in [-0.05, 0) is 86.5 Å². The zero-order chi connectivity index (χ0) is 31.0. The molecule has 3 aromatic rings. The van der Waals surface area contributed by atoms with E-state index in [9.17, 15) is 18.0 Å². The van der Waals surface area contributed by atoms with Crippen LogP contribution in [0.1, 0.15) is 74.2 Å². The van der Waals surface area contributed by atoms with Gasteiger partial charge in [0.25, 0.3) is 0 Å². The van der Waals surface area contributed by atoms with Gasteiger partial charge < -0.3 is 26.2 Å². The van der Waals surface area contributed by atoms with Gasteiger partial charge in [-0.3, -0.25) is 9.78 Å². The predicted molar refractivity (Wildman–Crippen MR) is 167 cm³/mol. The van der Waals surface area contributed by atoms with Crippen molar-refractivity contribution in [2.75, 3.05) is 13.1 Å². The number of benzene rings is 2. The molecule has 6 bridgehead atoms. The van der Waals surface area contributed by atoms with E-state index in [0.29, 0.717) is 40.3 Å². The van der Waals surface area contributed by atoms with Crippen LogP contribution in [0.2, 0.25) is 0 Å². The monoisotopic (exact) mass is 694 g/mol. The smallest absolute Gasteiger partial charge is 0.416 e. The van der Waals surface area contributed by atoms with E-state index in [-0.39, 0.29) is 34.9 Å². The lowest BCUT2D eigenvalue weighted by Crippen LogP contribution is -3.00. The molecule has 0 amide bonds. The molecular formula is C38H42BrF3N2O2. The largest absolute Gasteiger partial charge is 1.00 e. The highest BCUT2D eigenvalue weighted by molar-refractivity contribution is 5.83. The van der Waals surface area contributed by atoms with Crippen molar-refractivity contribution in [3.63, 3.8) is 0 Å². The molecule has 4 nitrogen and oxygen atoms in total. The maximum Gasteiger partial charge on any atom is 0.416 e. The fraction of sp³-hybridized carbons (Fsp3) is 0.526. The van der Waals surface area contributed by atoms with Crippen molar-refractivity contribution in [2.24, 2.45) is 35.0 Å². The summed E-state index contributed by atoms with van der Waals surface area (Å²) in [6, 6.07) is 15.7. The van der Waals surface area contributed by atoms with Crippen molar-refractivity contribution < 1.29 is 44.2 Å². The number of hydrogen-bond acceptors (Lipinski definition) is 3. The van der Waals surface area contributed by atoms with Crippen molar-refractivity contribution in [1.29, 1.82) is 0 Å². The molecule has 4 saturated carbocycles. The summed E-state index contributed by atoms with van der Waals surface area (Å²) in [5, 5.41) is 0.975. The van der Waals surface area contributed by atoms with Crippen LogP contribution in [0, 0.1) is 35.0 Å². The second-order valence-corrected chi connectivity index (χ2v) is 15.2. The normalized spacial score (nSPS) is 35.0. The first kappa shape index (κ1) is 31.9. The van der Waals surface area contributed by atoms with Gasteiger partial charge in [-0.15, -0.1) is 6.58 Å². The number of pyridine rings is 1. The van der Waals surface area contributed by atoms with Crippen LogP contribution in [0.4, 0.5) is 13.2 Å². The maximum atomic E-state index is 14.6. The Morgan fingerprint density at radius 3 is 2.43 bits per heavy atom. The van der Waals surface area contributed by atoms with Gasteiger partial charge in [0.1, 0.15) is 12.6 Å². The van der Waals surface area contributed by atoms with Crippen LogP contribution in [0.5, 0.6) is 0 Å². The SMILES string of the molecule is C=C[C@H]1C[N+]2(Cc3cccc(C(F)(F)F)c3)CC[C@H]1C[C@@H]2[C@@H](OC(=O)C12CC3CC(CC(C3)C1)C2)c1ccnc2ccccc12.[Br-]. The molecule has 10 rings (SSSR count). The number of rotatable bonds is 7. The van der Waals surface area contributed by atoms with Crippen molar-refractivity contribution in [3.8, 4) is 0 Å². The van der Waals surface area contributed by atoms with E-state index >= 15 is 0 Å². The predicted octanol–water partition coefficient (Wildman–Crippen LogP) is 5.67. The minimum atomic E-state index is -4.40. The third kappa shape index (κ3) is 5.41. The Labute approximate surface area is 279 Å². The summed E-state index contributed by atoms with van der Waals surface area (Å²) < 4.78 is 48.9. The Kier molecular flexibility index (Phi) is 8.15. The van der Waals surface area contributed by atoms with Gasteiger partial charge in [0.2, 0.25) is 0 Å². The topological polar surface area (TPSA) is 39.2 Å². The summed E-state index contributed by atoms with van der Waals surface area (Å²) in [6.45, 7) is 6.24. The second kappa shape index (κ2) is 11.8. The fourth-order valence-electron chi connectivity index (χ4n) is 10.9. The molecule has 2 aromatic carbocycles. The molecule has 46 heavy (non-hydrogen) atoms. The number of carbonyl (C=O) groups is 1. The van der Waals surface area contributed by atoms with Gasteiger partial charge in [-0.25, -0.2) is 0 Å². The van der Waals surface area contributed by atoms with E-state index in [2.05, 4.69) is 17.6 Å². The third-order valence-electron chi connectivity index (χ3n) is 12.5. The Morgan fingerprint density at radius 1 is 1.02 bits per heavy atom. The summed E-state index contributed by atoms with van der Waals surface area (Å²) in [5.74, 6) is 2.48. The number of piperidine rings is 3. The number of hydrogen-bond donors (Lipinski definition) is 0. The van der Waals surface area contributed by atoms with Crippen LogP contribution in [0.25, 0.3) is 10.9 Å². The zero-order valence-corrected chi connectivity index (χ0v) is 27.7. The first-order chi connectivity index (χ1) is 21.6. The number of fused-ring (bicyclic) bond motifs is 4. The molecule has 3 aliphatic heterocycles. The van der Waals surface area contributed by atoms with Crippen LogP contribution in [-0.4, -0.2) is 34.6 Å². The Balaban J connectivity index is 0.00000338. The molecule has 4 aliphatic carbocycles. The van der Waals surface area contributed by atoms with E-state index < -0.39 is 23.3 Å². The number of carbonyl (C=O) groups excluding carboxylic acids is 1. The van der Waals surface area contributed by atoms with Crippen molar-refractivity contribution in [1.82, 2.24) is 4.98 Å². The summed E-state index contributed by atoms with van der Waals surface area (Å²) in [5.41, 5.74) is 1.47. The van der Waals surface area contributed by atoms with Crippen molar-refractivity contribution in [2.45, 2.75) is 76.2 Å². The molecule has 4 heterocycles. The number of quaternary nitrogens is 1. The Bertz CT molecular complexity index is 1600. The zero-order valence-electron chi connectivity index (χ0n) is 26.1. The average molecular weight is 696 g/mol. The molecule has 0 N–H and O–H groups in total. The highest BCUT2D eigenvalue weighted by atomic mass is 79.9. The molecule has 8 heteroatoms. The molecule has 5 atom stereocenters. The number of ether oxygens (including phenoxy) is 1. The summed E-state index contributed by atoms with van der Waals surface area (Å²) in [4.78, 5) is 19.2. The Hall–Kier alpha value is -2.71. The molecule has 0 spiro atoms. The van der Waals surface area contributed by atoms with Crippen LogP contribution in [-0.2, 0) is 22.3 Å². The van der Waals surface area contributed by atoms with Gasteiger partial charge >= 0.3 is 12.1 Å². The lowest BCUT2D eigenvalue weighted by molar-refractivity contribution is -0.984. The minimum absolute atomic E-state index is 0. The van der Waals surface area contributed by atoms with Crippen LogP contribution in [0.15, 0.2) is 73.4 Å². The number of nitrogens with zero attached hydrogens (tertiary/aromatic N) is 2. The molecule has 3 saturated heterocycles. The molecule has 244 valence electrons. The average Bonchev–Trinajstić information content (AvgIpc) is 3.02. The van der Waals surface area contributed by atoms with E-state index in [1.54, 1.807) is 0 Å². The molecule has 1 unspecified atom stereocenters. The standard InChI is InChI=1S/C38H42F3N2O2.BrH/c1-2-28-23-43(22-24-6-5-7-30(17-24)38(39,40)41)13-11-29(28)18-34(43)35(32-10-12-42-33-9-4-3-8-31(32)33)45-36(44)37-19-25-14-26(20-37)16-27(15-25)21-37;/h2-10,12,17,25-29,34-35H,1,11,13-16,18-23H2;1H/q+1;/p-1/t25?,26?,27?,28-,29-,34+,35-,37?,43?;/m0./s1. The molecular weight excluding hydrogens is 653 g/mol. The molecule has 0 radical (unpaired) electrons. The van der Waals surface area contributed by atoms with Crippen LogP contribution < -0.4 is 17.0 Å². The lowest BCUT2D eigenvalue weighted by Gasteiger charge is -2.59. The fourth-order valence-corrected chi connectivity index (χ4v) is 10.9. The molecule has 1 aromatic heterocycles. The quantitative estimate of drug-likeness (QED) is 0.182. The minimum Gasteiger partial charge on any atom is -1.00 e. The van der Waals surface area contributed by atoms with Gasteiger partial charge in [-0.2, -0.15) is 13.2 Å². The number of para-hydroxylation sites is 1. The highest BCUT2D eigenvalue weighted by Gasteiger charge is 2.59. The van der Waals surface area contributed by atoms with Crippen LogP contribution >= 0.6 is 0 Å². The van der Waals surface area contributed by atoms with E-state index in [1.165, 1.54) is 31.4 Å². The maximum absolute atomic E-state index is 14.6. The van der Waals surface area contributed by atoms with Gasteiger partial charge in [0.05, 0.1) is 29.6 Å². The van der Waals surface area contributed by atoms with Crippen molar-refractivity contribution >= 4 is 16.9 Å². The molecule has 7 aliphatic rings. The highest BCUT2D eigenvalue weighted by Crippen LogP contribution is 2.61. The first-order valence-corrected chi connectivity index (χ1v) is 16.8. The van der Waals surface area contributed by atoms with Gasteiger partial charge in [0, 0.05) is 41.5 Å². The number of esters is 1. The second-order valence-electron chi connectivity index (χ2n) is 15.2. The first-order valence-electron chi connectivity index (χ1n) is 16.8. The number of aromatic nitrogens is 1. The van der Waals surface area contributed by atoms with E-state index in [1.807, 2.05) is 42.6 Å². The van der Waals surface area contributed by atoms with Gasteiger partial charge in [-0.1, -0.05) is 36.4 Å². The van der Waals surface area contributed by atoms with E-state index in [0.717, 1.165) is 67.7 Å². The number of halogens is 4. The molecule has 7 fully saturated rings. The van der Waals surface area contributed by atoms with Crippen molar-refractivity contribution in [3.05, 3.63) is 90.1 Å². The number of alkyl halides is 3. The van der Waals surface area contributed by atoms with E-state index in [4.69, 9.17) is 4.74 Å².